The van der Waals surface area contributed by atoms with Crippen molar-refractivity contribution in [2.45, 2.75) is 46.3 Å². The smallest absolute Gasteiger partial charge is 0.254 e. The maximum Gasteiger partial charge on any atom is 0.254 e. The molecule has 0 bridgehead atoms. The van der Waals surface area contributed by atoms with Gasteiger partial charge in [-0.15, -0.1) is 11.3 Å². The molecular weight excluding hydrogens is 484 g/mol. The molecule has 2 amide bonds. The van der Waals surface area contributed by atoms with Crippen molar-refractivity contribution in [3.63, 3.8) is 0 Å². The fourth-order valence-electron chi connectivity index (χ4n) is 3.43. The summed E-state index contributed by atoms with van der Waals surface area (Å²) in [5.41, 5.74) is 2.85. The Hall–Kier alpha value is -2.44. The van der Waals surface area contributed by atoms with Crippen LogP contribution in [0, 0.1) is 6.92 Å². The third-order valence-corrected chi connectivity index (χ3v) is 7.19. The molecule has 0 aliphatic heterocycles. The normalized spacial score (nSPS) is 11.8. The molecule has 6 heteroatoms. The molecule has 1 heterocycles. The molecule has 32 heavy (non-hydrogen) atoms. The Morgan fingerprint density at radius 1 is 1.00 bits per heavy atom. The van der Waals surface area contributed by atoms with Crippen molar-refractivity contribution in [3.05, 3.63) is 92.1 Å². The van der Waals surface area contributed by atoms with Crippen LogP contribution in [-0.4, -0.2) is 34.2 Å². The van der Waals surface area contributed by atoms with Crippen molar-refractivity contribution in [1.29, 1.82) is 0 Å². The van der Waals surface area contributed by atoms with Gasteiger partial charge in [-0.05, 0) is 67.1 Å². The zero-order valence-electron chi connectivity index (χ0n) is 18.8. The number of nitrogens with zero attached hydrogens (tertiary/aromatic N) is 2. The molecule has 1 atom stereocenters. The van der Waals surface area contributed by atoms with Crippen molar-refractivity contribution in [1.82, 2.24) is 9.80 Å². The molecule has 3 rings (SSSR count). The van der Waals surface area contributed by atoms with Crippen LogP contribution in [0.3, 0.4) is 0 Å². The topological polar surface area (TPSA) is 40.6 Å². The minimum atomic E-state index is -0.118. The first kappa shape index (κ1) is 24.2. The van der Waals surface area contributed by atoms with Gasteiger partial charge in [0.15, 0.2) is 0 Å². The number of hydrogen-bond donors (Lipinski definition) is 0. The summed E-state index contributed by atoms with van der Waals surface area (Å²) in [5, 5.41) is 2.05. The van der Waals surface area contributed by atoms with E-state index < -0.39 is 0 Å². The van der Waals surface area contributed by atoms with Crippen LogP contribution in [-0.2, 0) is 17.9 Å². The van der Waals surface area contributed by atoms with Gasteiger partial charge < -0.3 is 9.80 Å². The second kappa shape index (κ2) is 11.4. The predicted molar refractivity (Wildman–Crippen MR) is 135 cm³/mol. The van der Waals surface area contributed by atoms with E-state index in [9.17, 15) is 9.59 Å². The van der Waals surface area contributed by atoms with Gasteiger partial charge in [-0.3, -0.25) is 9.59 Å². The Labute approximate surface area is 203 Å². The predicted octanol–water partition coefficient (Wildman–Crippen LogP) is 6.29. The van der Waals surface area contributed by atoms with Crippen LogP contribution < -0.4 is 0 Å². The van der Waals surface area contributed by atoms with E-state index in [0.717, 1.165) is 16.5 Å². The molecule has 3 aromatic rings. The summed E-state index contributed by atoms with van der Waals surface area (Å²) >= 11 is 5.08. The molecular formula is C26H29BrN2O2S. The first-order chi connectivity index (χ1) is 15.4. The third-order valence-electron chi connectivity index (χ3n) is 5.65. The van der Waals surface area contributed by atoms with Crippen LogP contribution in [0.25, 0.3) is 0 Å². The average Bonchev–Trinajstić information content (AvgIpc) is 3.21. The van der Waals surface area contributed by atoms with Crippen LogP contribution in [0.15, 0.2) is 70.5 Å². The number of rotatable bonds is 9. The Kier molecular flexibility index (Phi) is 8.65. The maximum atomic E-state index is 13.5. The van der Waals surface area contributed by atoms with Gasteiger partial charge >= 0.3 is 0 Å². The number of carbonyl (C=O) groups excluding carboxylic acids is 2. The Balaban J connectivity index is 1.84. The van der Waals surface area contributed by atoms with Crippen molar-refractivity contribution in [2.24, 2.45) is 0 Å². The van der Waals surface area contributed by atoms with Gasteiger partial charge in [0, 0.05) is 27.5 Å². The van der Waals surface area contributed by atoms with Gasteiger partial charge in [0.05, 0.1) is 6.54 Å². The highest BCUT2D eigenvalue weighted by molar-refractivity contribution is 9.10. The minimum absolute atomic E-state index is 0.0443. The van der Waals surface area contributed by atoms with Gasteiger partial charge in [-0.1, -0.05) is 53.2 Å². The second-order valence-corrected chi connectivity index (χ2v) is 9.88. The van der Waals surface area contributed by atoms with Crippen molar-refractivity contribution in [2.75, 3.05) is 6.54 Å². The minimum Gasteiger partial charge on any atom is -0.332 e. The molecule has 0 unspecified atom stereocenters. The number of aryl methyl sites for hydroxylation is 1. The lowest BCUT2D eigenvalue weighted by molar-refractivity contribution is -0.133. The Morgan fingerprint density at radius 3 is 2.28 bits per heavy atom. The Morgan fingerprint density at radius 2 is 1.69 bits per heavy atom. The molecule has 168 valence electrons. The Bertz CT molecular complexity index is 1030. The highest BCUT2D eigenvalue weighted by Crippen LogP contribution is 2.21. The van der Waals surface area contributed by atoms with Crippen LogP contribution >= 0.6 is 27.3 Å². The van der Waals surface area contributed by atoms with E-state index in [1.54, 1.807) is 28.4 Å². The van der Waals surface area contributed by atoms with Crippen LogP contribution in [0.4, 0.5) is 0 Å². The van der Waals surface area contributed by atoms with E-state index in [-0.39, 0.29) is 24.4 Å². The molecule has 2 aromatic carbocycles. The van der Waals surface area contributed by atoms with Crippen molar-refractivity contribution >= 4 is 39.1 Å². The van der Waals surface area contributed by atoms with Crippen LogP contribution in [0.1, 0.15) is 46.6 Å². The summed E-state index contributed by atoms with van der Waals surface area (Å²) in [6.07, 6.45) is 0.776. The monoisotopic (exact) mass is 512 g/mol. The summed E-state index contributed by atoms with van der Waals surface area (Å²) < 4.78 is 0.917. The SMILES string of the molecule is CC[C@@H](C)N(CC(=O)N(Cc1ccccc1)Cc1sccc1C)C(=O)c1ccc(Br)cc1. The molecule has 4 nitrogen and oxygen atoms in total. The lowest BCUT2D eigenvalue weighted by Gasteiger charge is -2.31. The first-order valence-corrected chi connectivity index (χ1v) is 12.5. The molecule has 0 radical (unpaired) electrons. The van der Waals surface area contributed by atoms with Gasteiger partial charge in [0.25, 0.3) is 5.91 Å². The van der Waals surface area contributed by atoms with E-state index in [1.165, 1.54) is 10.4 Å². The van der Waals surface area contributed by atoms with Gasteiger partial charge in [0.2, 0.25) is 5.91 Å². The third kappa shape index (κ3) is 6.30. The summed E-state index contributed by atoms with van der Waals surface area (Å²) in [4.78, 5) is 31.5. The molecule has 0 aliphatic carbocycles. The summed E-state index contributed by atoms with van der Waals surface area (Å²) in [6, 6.07) is 19.3. The number of carbonyl (C=O) groups is 2. The van der Waals surface area contributed by atoms with E-state index >= 15 is 0 Å². The number of halogens is 1. The second-order valence-electron chi connectivity index (χ2n) is 7.96. The largest absolute Gasteiger partial charge is 0.332 e. The summed E-state index contributed by atoms with van der Waals surface area (Å²) in [5.74, 6) is -0.167. The molecule has 0 N–H and O–H groups in total. The zero-order chi connectivity index (χ0) is 23.1. The molecule has 0 aliphatic rings. The van der Waals surface area contributed by atoms with Crippen molar-refractivity contribution in [3.8, 4) is 0 Å². The van der Waals surface area contributed by atoms with Gasteiger partial charge in [-0.2, -0.15) is 0 Å². The fourth-order valence-corrected chi connectivity index (χ4v) is 4.61. The summed E-state index contributed by atoms with van der Waals surface area (Å²) in [6.45, 7) is 7.21. The first-order valence-electron chi connectivity index (χ1n) is 10.8. The highest BCUT2D eigenvalue weighted by atomic mass is 79.9. The maximum absolute atomic E-state index is 13.5. The molecule has 0 saturated carbocycles. The number of hydrogen-bond acceptors (Lipinski definition) is 3. The van der Waals surface area contributed by atoms with Gasteiger partial charge in [0.1, 0.15) is 6.54 Å². The van der Waals surface area contributed by atoms with Gasteiger partial charge in [-0.25, -0.2) is 0 Å². The highest BCUT2D eigenvalue weighted by Gasteiger charge is 2.26. The lowest BCUT2D eigenvalue weighted by Crippen LogP contribution is -2.46. The molecule has 0 spiro atoms. The lowest BCUT2D eigenvalue weighted by atomic mass is 10.1. The van der Waals surface area contributed by atoms with Crippen molar-refractivity contribution < 1.29 is 9.59 Å². The zero-order valence-corrected chi connectivity index (χ0v) is 21.2. The average molecular weight is 514 g/mol. The quantitative estimate of drug-likeness (QED) is 0.338. The molecule has 0 saturated heterocycles. The molecule has 1 aromatic heterocycles. The summed E-state index contributed by atoms with van der Waals surface area (Å²) in [7, 11) is 0. The van der Waals surface area contributed by atoms with E-state index in [0.29, 0.717) is 18.7 Å². The standard InChI is InChI=1S/C26H29BrN2O2S/c1-4-20(3)29(26(31)22-10-12-23(27)13-11-22)18-25(30)28(16-21-8-6-5-7-9-21)17-24-19(2)14-15-32-24/h5-15,20H,4,16-18H2,1-3H3/t20-/m1/s1. The van der Waals surface area contributed by atoms with E-state index in [2.05, 4.69) is 34.3 Å². The fraction of sp³-hybridized carbons (Fsp3) is 0.308. The van der Waals surface area contributed by atoms with E-state index in [1.807, 2.05) is 61.2 Å². The number of amides is 2. The van der Waals surface area contributed by atoms with Crippen LogP contribution in [0.5, 0.6) is 0 Å². The van der Waals surface area contributed by atoms with E-state index in [4.69, 9.17) is 0 Å². The molecule has 0 fully saturated rings. The number of benzene rings is 2. The number of thiophene rings is 1. The van der Waals surface area contributed by atoms with Crippen LogP contribution in [0.2, 0.25) is 0 Å².